The maximum Gasteiger partial charge on any atom is 0.149 e. The van der Waals surface area contributed by atoms with Gasteiger partial charge < -0.3 is 5.32 Å². The lowest BCUT2D eigenvalue weighted by molar-refractivity contribution is 0.576. The van der Waals surface area contributed by atoms with Crippen LogP contribution in [0.25, 0.3) is 0 Å². The van der Waals surface area contributed by atoms with Crippen LogP contribution in [0.3, 0.4) is 0 Å². The molecule has 1 heterocycles. The molecule has 76 valence electrons. The zero-order valence-corrected chi connectivity index (χ0v) is 8.84. The number of hydrogen-bond acceptors (Lipinski definition) is 3. The van der Waals surface area contributed by atoms with Gasteiger partial charge in [-0.1, -0.05) is 24.3 Å². The van der Waals surface area contributed by atoms with Gasteiger partial charge in [0.05, 0.1) is 5.75 Å². The van der Waals surface area contributed by atoms with Crippen LogP contribution in [-0.2, 0) is 16.4 Å². The van der Waals surface area contributed by atoms with Crippen LogP contribution in [0, 0.1) is 0 Å². The predicted molar refractivity (Wildman–Crippen MR) is 55.7 cm³/mol. The van der Waals surface area contributed by atoms with Crippen molar-refractivity contribution in [1.82, 2.24) is 5.32 Å². The normalized spacial score (nSPS) is 20.8. The molecule has 0 bridgehead atoms. The molecule has 1 N–H and O–H groups in total. The van der Waals surface area contributed by atoms with Gasteiger partial charge in [-0.2, -0.15) is 0 Å². The average molecular weight is 211 g/mol. The lowest BCUT2D eigenvalue weighted by atomic mass is 10.1. The van der Waals surface area contributed by atoms with Crippen LogP contribution >= 0.6 is 0 Å². The van der Waals surface area contributed by atoms with Crippen molar-refractivity contribution in [2.45, 2.75) is 12.6 Å². The minimum Gasteiger partial charge on any atom is -0.305 e. The molecule has 4 heteroatoms. The summed E-state index contributed by atoms with van der Waals surface area (Å²) in [5.74, 6) is 0.185. The summed E-state index contributed by atoms with van der Waals surface area (Å²) < 4.78 is 22.3. The first kappa shape index (κ1) is 9.68. The Labute approximate surface area is 84.1 Å². The van der Waals surface area contributed by atoms with Crippen molar-refractivity contribution in [2.75, 3.05) is 12.0 Å². The molecule has 14 heavy (non-hydrogen) atoms. The first-order valence-electron chi connectivity index (χ1n) is 4.55. The van der Waals surface area contributed by atoms with Crippen molar-refractivity contribution in [3.63, 3.8) is 0 Å². The molecule has 1 atom stereocenters. The van der Waals surface area contributed by atoms with Gasteiger partial charge in [-0.05, 0) is 11.1 Å². The van der Waals surface area contributed by atoms with Crippen molar-refractivity contribution in [3.05, 3.63) is 35.4 Å². The van der Waals surface area contributed by atoms with E-state index in [2.05, 4.69) is 5.32 Å². The van der Waals surface area contributed by atoms with Crippen LogP contribution in [0.1, 0.15) is 17.2 Å². The number of hydrogen-bond donors (Lipinski definition) is 1. The largest absolute Gasteiger partial charge is 0.305 e. The minimum absolute atomic E-state index is 0.0267. The zero-order valence-electron chi connectivity index (χ0n) is 8.03. The number of rotatable bonds is 2. The van der Waals surface area contributed by atoms with Crippen LogP contribution in [-0.4, -0.2) is 20.4 Å². The Balaban J connectivity index is 2.27. The number of fused-ring (bicyclic) bond motifs is 1. The quantitative estimate of drug-likeness (QED) is 0.789. The van der Waals surface area contributed by atoms with E-state index in [4.69, 9.17) is 0 Å². The van der Waals surface area contributed by atoms with Gasteiger partial charge in [0.1, 0.15) is 9.84 Å². The number of sulfone groups is 1. The number of nitrogens with one attached hydrogen (secondary N) is 1. The predicted octanol–water partition coefficient (Wildman–Crippen LogP) is 0.875. The second-order valence-corrected chi connectivity index (χ2v) is 5.91. The lowest BCUT2D eigenvalue weighted by Gasteiger charge is -2.09. The Morgan fingerprint density at radius 3 is 2.86 bits per heavy atom. The fourth-order valence-corrected chi connectivity index (χ4v) is 2.73. The molecule has 3 nitrogen and oxygen atoms in total. The molecule has 0 saturated carbocycles. The van der Waals surface area contributed by atoms with E-state index >= 15 is 0 Å². The highest BCUT2D eigenvalue weighted by Crippen LogP contribution is 2.25. The summed E-state index contributed by atoms with van der Waals surface area (Å²) in [7, 11) is -2.91. The van der Waals surface area contributed by atoms with Gasteiger partial charge in [-0.3, -0.25) is 0 Å². The molecular formula is C10H13NO2S. The summed E-state index contributed by atoms with van der Waals surface area (Å²) in [6.07, 6.45) is 1.27. The van der Waals surface area contributed by atoms with Crippen LogP contribution in [0.4, 0.5) is 0 Å². The monoisotopic (exact) mass is 211 g/mol. The van der Waals surface area contributed by atoms with E-state index in [0.29, 0.717) is 0 Å². The van der Waals surface area contributed by atoms with Gasteiger partial charge in [0.2, 0.25) is 0 Å². The summed E-state index contributed by atoms with van der Waals surface area (Å²) in [6.45, 7) is 0.774. The van der Waals surface area contributed by atoms with Crippen molar-refractivity contribution in [2.24, 2.45) is 0 Å². The zero-order chi connectivity index (χ0) is 10.2. The Morgan fingerprint density at radius 1 is 1.43 bits per heavy atom. The molecule has 2 rings (SSSR count). The highest BCUT2D eigenvalue weighted by atomic mass is 32.2. The van der Waals surface area contributed by atoms with Crippen molar-refractivity contribution >= 4 is 9.84 Å². The molecule has 0 aromatic heterocycles. The molecule has 0 aliphatic carbocycles. The molecule has 1 unspecified atom stereocenters. The van der Waals surface area contributed by atoms with Gasteiger partial charge >= 0.3 is 0 Å². The molecule has 1 aliphatic heterocycles. The second-order valence-electron chi connectivity index (χ2n) is 3.72. The van der Waals surface area contributed by atoms with Gasteiger partial charge in [-0.15, -0.1) is 0 Å². The Kier molecular flexibility index (Phi) is 2.33. The maximum absolute atomic E-state index is 11.2. The molecule has 1 aliphatic rings. The van der Waals surface area contributed by atoms with Crippen molar-refractivity contribution in [3.8, 4) is 0 Å². The van der Waals surface area contributed by atoms with E-state index in [-0.39, 0.29) is 11.8 Å². The van der Waals surface area contributed by atoms with Crippen molar-refractivity contribution < 1.29 is 8.42 Å². The maximum atomic E-state index is 11.2. The van der Waals surface area contributed by atoms with E-state index < -0.39 is 9.84 Å². The Hall–Kier alpha value is -0.870. The molecular weight excluding hydrogens is 198 g/mol. The second kappa shape index (κ2) is 3.37. The third-order valence-corrected chi connectivity index (χ3v) is 3.38. The van der Waals surface area contributed by atoms with E-state index in [1.54, 1.807) is 0 Å². The van der Waals surface area contributed by atoms with E-state index in [0.717, 1.165) is 12.1 Å². The van der Waals surface area contributed by atoms with Crippen LogP contribution in [0.15, 0.2) is 24.3 Å². The number of benzene rings is 1. The Morgan fingerprint density at radius 2 is 2.14 bits per heavy atom. The summed E-state index contributed by atoms with van der Waals surface area (Å²) >= 11 is 0. The first-order valence-corrected chi connectivity index (χ1v) is 6.61. The minimum atomic E-state index is -2.91. The van der Waals surface area contributed by atoms with E-state index in [9.17, 15) is 8.42 Å². The topological polar surface area (TPSA) is 46.2 Å². The van der Waals surface area contributed by atoms with Crippen LogP contribution in [0.2, 0.25) is 0 Å². The van der Waals surface area contributed by atoms with Gasteiger partial charge in [0.15, 0.2) is 0 Å². The highest BCUT2D eigenvalue weighted by Gasteiger charge is 2.24. The summed E-state index contributed by atoms with van der Waals surface area (Å²) in [4.78, 5) is 0. The standard InChI is InChI=1S/C10H13NO2S/c1-14(12,13)7-10-9-5-3-2-4-8(9)6-11-10/h2-5,10-11H,6-7H2,1H3. The molecule has 0 amide bonds. The van der Waals surface area contributed by atoms with Gasteiger partial charge in [0, 0.05) is 18.8 Å². The molecule has 0 fully saturated rings. The first-order chi connectivity index (χ1) is 6.56. The summed E-state index contributed by atoms with van der Waals surface area (Å²) in [6, 6.07) is 7.92. The van der Waals surface area contributed by atoms with Crippen molar-refractivity contribution in [1.29, 1.82) is 0 Å². The fraction of sp³-hybridized carbons (Fsp3) is 0.400. The molecule has 1 aromatic carbocycles. The van der Waals surface area contributed by atoms with E-state index in [1.165, 1.54) is 11.8 Å². The molecule has 0 spiro atoms. The summed E-state index contributed by atoms with van der Waals surface area (Å²) in [5.41, 5.74) is 2.33. The third-order valence-electron chi connectivity index (χ3n) is 2.44. The fourth-order valence-electron chi connectivity index (χ4n) is 1.83. The molecule has 0 saturated heterocycles. The van der Waals surface area contributed by atoms with Gasteiger partial charge in [0.25, 0.3) is 0 Å². The third kappa shape index (κ3) is 1.96. The Bertz CT molecular complexity index is 439. The SMILES string of the molecule is CS(=O)(=O)CC1NCc2ccccc21. The van der Waals surface area contributed by atoms with Crippen LogP contribution in [0.5, 0.6) is 0 Å². The molecule has 0 radical (unpaired) electrons. The molecule has 1 aromatic rings. The van der Waals surface area contributed by atoms with E-state index in [1.807, 2.05) is 24.3 Å². The van der Waals surface area contributed by atoms with Gasteiger partial charge in [-0.25, -0.2) is 8.42 Å². The average Bonchev–Trinajstić information content (AvgIpc) is 2.47. The highest BCUT2D eigenvalue weighted by molar-refractivity contribution is 7.90. The summed E-state index contributed by atoms with van der Waals surface area (Å²) in [5, 5.41) is 3.20. The smallest absolute Gasteiger partial charge is 0.149 e. The lowest BCUT2D eigenvalue weighted by Crippen LogP contribution is -2.21. The van der Waals surface area contributed by atoms with Crippen LogP contribution < -0.4 is 5.32 Å².